The lowest BCUT2D eigenvalue weighted by Gasteiger charge is -2.20. The summed E-state index contributed by atoms with van der Waals surface area (Å²) in [7, 11) is 0. The summed E-state index contributed by atoms with van der Waals surface area (Å²) in [6.45, 7) is 4.39. The Hall–Kier alpha value is -2.02. The Balaban J connectivity index is 2.00. The molecule has 0 bridgehead atoms. The molecule has 0 aliphatic heterocycles. The monoisotopic (exact) mass is 322 g/mol. The number of ether oxygens (including phenoxy) is 1. The second-order valence-corrected chi connectivity index (χ2v) is 6.22. The third kappa shape index (κ3) is 6.23. The molecule has 128 valence electrons. The van der Waals surface area contributed by atoms with E-state index in [4.69, 9.17) is 4.74 Å². The van der Waals surface area contributed by atoms with Crippen LogP contribution in [0.1, 0.15) is 63.2 Å². The van der Waals surface area contributed by atoms with Crippen molar-refractivity contribution >= 4 is 0 Å². The Kier molecular flexibility index (Phi) is 8.17. The van der Waals surface area contributed by atoms with Gasteiger partial charge in [0.05, 0.1) is 0 Å². The van der Waals surface area contributed by atoms with E-state index in [1.165, 1.54) is 17.5 Å². The van der Waals surface area contributed by atoms with Crippen LogP contribution in [0.4, 0.5) is 0 Å². The van der Waals surface area contributed by atoms with Crippen LogP contribution >= 0.6 is 0 Å². The highest BCUT2D eigenvalue weighted by atomic mass is 16.5. The molecule has 1 atom stereocenters. The van der Waals surface area contributed by atoms with Crippen molar-refractivity contribution in [3.05, 3.63) is 77.9 Å². The van der Waals surface area contributed by atoms with Gasteiger partial charge in [0, 0.05) is 0 Å². The number of rotatable bonds is 10. The van der Waals surface area contributed by atoms with Crippen molar-refractivity contribution in [3.63, 3.8) is 0 Å². The summed E-state index contributed by atoms with van der Waals surface area (Å²) in [5.74, 6) is 0.966. The smallest absolute Gasteiger partial charge is 0.124 e. The minimum atomic E-state index is 0.123. The van der Waals surface area contributed by atoms with Crippen LogP contribution in [0.3, 0.4) is 0 Å². The lowest BCUT2D eigenvalue weighted by molar-refractivity contribution is 0.192. The topological polar surface area (TPSA) is 9.23 Å². The van der Waals surface area contributed by atoms with E-state index in [0.29, 0.717) is 0 Å². The molecule has 2 aromatic rings. The maximum atomic E-state index is 6.32. The average Bonchev–Trinajstić information content (AvgIpc) is 2.63. The van der Waals surface area contributed by atoms with Crippen LogP contribution in [0.2, 0.25) is 0 Å². The molecule has 0 aliphatic carbocycles. The molecule has 0 aromatic heterocycles. The number of allylic oxidation sites excluding steroid dienone is 2. The summed E-state index contributed by atoms with van der Waals surface area (Å²) in [5, 5.41) is 0. The fourth-order valence-corrected chi connectivity index (χ4v) is 2.85. The molecule has 1 nitrogen and oxygen atoms in total. The first-order chi connectivity index (χ1) is 11.8. The molecule has 0 saturated heterocycles. The molecule has 0 fully saturated rings. The van der Waals surface area contributed by atoms with Gasteiger partial charge in [-0.15, -0.1) is 0 Å². The average molecular weight is 322 g/mol. The van der Waals surface area contributed by atoms with Crippen LogP contribution in [-0.2, 0) is 6.42 Å². The molecule has 1 heteroatoms. The molecule has 0 N–H and O–H groups in total. The van der Waals surface area contributed by atoms with E-state index in [0.717, 1.165) is 37.9 Å². The Bertz CT molecular complexity index is 583. The van der Waals surface area contributed by atoms with Gasteiger partial charge >= 0.3 is 0 Å². The summed E-state index contributed by atoms with van der Waals surface area (Å²) < 4.78 is 6.32. The van der Waals surface area contributed by atoms with Crippen molar-refractivity contribution in [3.8, 4) is 5.75 Å². The Morgan fingerprint density at radius 1 is 0.917 bits per heavy atom. The predicted octanol–water partition coefficient (Wildman–Crippen LogP) is 6.90. The van der Waals surface area contributed by atoms with Gasteiger partial charge in [-0.3, -0.25) is 0 Å². The summed E-state index contributed by atoms with van der Waals surface area (Å²) in [6, 6.07) is 19.2. The summed E-state index contributed by atoms with van der Waals surface area (Å²) in [4.78, 5) is 0. The van der Waals surface area contributed by atoms with E-state index in [9.17, 15) is 0 Å². The first-order valence-electron chi connectivity index (χ1n) is 9.29. The molecule has 24 heavy (non-hydrogen) atoms. The van der Waals surface area contributed by atoms with Crippen molar-refractivity contribution in [2.75, 3.05) is 0 Å². The first kappa shape index (κ1) is 18.3. The zero-order valence-electron chi connectivity index (χ0n) is 15.1. The molecule has 0 aliphatic rings. The highest BCUT2D eigenvalue weighted by Crippen LogP contribution is 2.27. The SMILES string of the molecule is CCC=CCCCC(Oc1ccc(CCC)cc1)c1ccccc1. The van der Waals surface area contributed by atoms with E-state index in [2.05, 4.69) is 80.6 Å². The molecule has 2 aromatic carbocycles. The second-order valence-electron chi connectivity index (χ2n) is 6.22. The summed E-state index contributed by atoms with van der Waals surface area (Å²) in [6.07, 6.45) is 11.4. The van der Waals surface area contributed by atoms with Gasteiger partial charge in [-0.05, 0) is 55.4 Å². The number of aryl methyl sites for hydroxylation is 1. The van der Waals surface area contributed by atoms with Gasteiger partial charge in [0.2, 0.25) is 0 Å². The normalized spacial score (nSPS) is 12.4. The van der Waals surface area contributed by atoms with Gasteiger partial charge in [-0.2, -0.15) is 0 Å². The van der Waals surface area contributed by atoms with E-state index < -0.39 is 0 Å². The predicted molar refractivity (Wildman–Crippen MR) is 104 cm³/mol. The van der Waals surface area contributed by atoms with Crippen LogP contribution < -0.4 is 4.74 Å². The van der Waals surface area contributed by atoms with Gasteiger partial charge in [-0.1, -0.05) is 74.9 Å². The zero-order chi connectivity index (χ0) is 17.0. The summed E-state index contributed by atoms with van der Waals surface area (Å²) in [5.41, 5.74) is 2.64. The fourth-order valence-electron chi connectivity index (χ4n) is 2.85. The molecule has 0 spiro atoms. The molecule has 2 rings (SSSR count). The van der Waals surface area contributed by atoms with Crippen LogP contribution in [0.5, 0.6) is 5.75 Å². The first-order valence-corrected chi connectivity index (χ1v) is 9.29. The van der Waals surface area contributed by atoms with Crippen LogP contribution in [0, 0.1) is 0 Å². The Morgan fingerprint density at radius 2 is 1.67 bits per heavy atom. The minimum Gasteiger partial charge on any atom is -0.486 e. The number of hydrogen-bond acceptors (Lipinski definition) is 1. The fraction of sp³-hybridized carbons (Fsp3) is 0.391. The number of hydrogen-bond donors (Lipinski definition) is 0. The molecule has 0 saturated carbocycles. The van der Waals surface area contributed by atoms with Crippen LogP contribution in [-0.4, -0.2) is 0 Å². The van der Waals surface area contributed by atoms with E-state index in [1.54, 1.807) is 0 Å². The Morgan fingerprint density at radius 3 is 2.33 bits per heavy atom. The van der Waals surface area contributed by atoms with Crippen LogP contribution in [0.25, 0.3) is 0 Å². The third-order valence-corrected chi connectivity index (χ3v) is 4.15. The van der Waals surface area contributed by atoms with Crippen LogP contribution in [0.15, 0.2) is 66.7 Å². The summed E-state index contributed by atoms with van der Waals surface area (Å²) >= 11 is 0. The molecule has 0 amide bonds. The quantitative estimate of drug-likeness (QED) is 0.341. The largest absolute Gasteiger partial charge is 0.486 e. The zero-order valence-corrected chi connectivity index (χ0v) is 15.1. The van der Waals surface area contributed by atoms with Crippen molar-refractivity contribution < 1.29 is 4.74 Å². The highest BCUT2D eigenvalue weighted by molar-refractivity contribution is 5.29. The lowest BCUT2D eigenvalue weighted by atomic mass is 10.0. The van der Waals surface area contributed by atoms with Crippen molar-refractivity contribution in [2.24, 2.45) is 0 Å². The van der Waals surface area contributed by atoms with Gasteiger partial charge in [0.25, 0.3) is 0 Å². The lowest BCUT2D eigenvalue weighted by Crippen LogP contribution is -2.07. The molecule has 0 heterocycles. The van der Waals surface area contributed by atoms with Gasteiger partial charge < -0.3 is 4.74 Å². The van der Waals surface area contributed by atoms with E-state index in [1.807, 2.05) is 0 Å². The van der Waals surface area contributed by atoms with Crippen molar-refractivity contribution in [1.29, 1.82) is 0 Å². The molecular weight excluding hydrogens is 292 g/mol. The van der Waals surface area contributed by atoms with Gasteiger partial charge in [-0.25, -0.2) is 0 Å². The van der Waals surface area contributed by atoms with Crippen molar-refractivity contribution in [1.82, 2.24) is 0 Å². The molecular formula is C23H30O. The number of unbranched alkanes of at least 4 members (excludes halogenated alkanes) is 1. The van der Waals surface area contributed by atoms with E-state index in [-0.39, 0.29) is 6.10 Å². The Labute approximate surface area is 147 Å². The van der Waals surface area contributed by atoms with E-state index >= 15 is 0 Å². The third-order valence-electron chi connectivity index (χ3n) is 4.15. The highest BCUT2D eigenvalue weighted by Gasteiger charge is 2.12. The molecule has 0 radical (unpaired) electrons. The standard InChI is InChI=1S/C23H30O/c1-3-5-6-7-11-15-23(21-13-9-8-10-14-21)24-22-18-16-20(12-4-2)17-19-22/h5-6,8-10,13-14,16-19,23H,3-4,7,11-12,15H2,1-2H3. The van der Waals surface area contributed by atoms with Gasteiger partial charge in [0.1, 0.15) is 11.9 Å². The van der Waals surface area contributed by atoms with Crippen molar-refractivity contribution in [2.45, 2.75) is 58.5 Å². The maximum absolute atomic E-state index is 6.32. The number of benzene rings is 2. The second kappa shape index (κ2) is 10.7. The van der Waals surface area contributed by atoms with Gasteiger partial charge in [0.15, 0.2) is 0 Å². The maximum Gasteiger partial charge on any atom is 0.124 e. The minimum absolute atomic E-state index is 0.123. The molecule has 1 unspecified atom stereocenters.